The molecular weight excluding hydrogens is 456 g/mol. The number of carbonyl (C=O) groups excluding carboxylic acids is 3. The molecule has 2 fully saturated rings. The molecule has 0 aliphatic carbocycles. The Morgan fingerprint density at radius 1 is 1.09 bits per heavy atom. The monoisotopic (exact) mass is 484 g/mol. The number of nitrogens with one attached hydrogen (secondary N) is 2. The zero-order valence-electron chi connectivity index (χ0n) is 18.6. The molecule has 8 heteroatoms. The minimum atomic E-state index is -0.708. The Morgan fingerprint density at radius 2 is 1.79 bits per heavy atom. The highest BCUT2D eigenvalue weighted by molar-refractivity contribution is 8.16. The van der Waals surface area contributed by atoms with Crippen LogP contribution in [0.3, 0.4) is 0 Å². The predicted octanol–water partition coefficient (Wildman–Crippen LogP) is 4.66. The average molecular weight is 485 g/mol. The quantitative estimate of drug-likeness (QED) is 0.556. The third kappa shape index (κ3) is 5.55. The van der Waals surface area contributed by atoms with Gasteiger partial charge in [-0.3, -0.25) is 19.7 Å². The first-order valence-electron chi connectivity index (χ1n) is 11.2. The number of rotatable bonds is 7. The van der Waals surface area contributed by atoms with E-state index in [1.165, 1.54) is 23.5 Å². The van der Waals surface area contributed by atoms with Crippen LogP contribution in [0.25, 0.3) is 0 Å². The van der Waals surface area contributed by atoms with Crippen molar-refractivity contribution in [1.82, 2.24) is 5.32 Å². The Kier molecular flexibility index (Phi) is 7.65. The standard InChI is InChI=1S/C25H28N2O4S2/c1-2-25(13-12-21(28)27-24(25)30)18-6-8-19(9-7-18)26-22(29)16-31-20-10-4-17(5-11-20)23-32-14-3-15-33-23/h4-11,23H,2-3,12-16H2,1H3,(H,26,29)(H,27,28,30). The summed E-state index contributed by atoms with van der Waals surface area (Å²) in [6.45, 7) is 1.86. The van der Waals surface area contributed by atoms with E-state index in [0.717, 1.165) is 5.56 Å². The van der Waals surface area contributed by atoms with Gasteiger partial charge < -0.3 is 10.1 Å². The fourth-order valence-corrected chi connectivity index (χ4v) is 7.08. The molecule has 6 nitrogen and oxygen atoms in total. The molecule has 0 spiro atoms. The Morgan fingerprint density at radius 3 is 2.42 bits per heavy atom. The Bertz CT molecular complexity index is 1000. The minimum absolute atomic E-state index is 0.0859. The molecule has 2 saturated heterocycles. The molecule has 2 aromatic carbocycles. The molecule has 0 bridgehead atoms. The number of carbonyl (C=O) groups is 3. The molecule has 174 valence electrons. The summed E-state index contributed by atoms with van der Waals surface area (Å²) in [6.07, 6.45) is 2.68. The van der Waals surface area contributed by atoms with Crippen molar-refractivity contribution in [2.75, 3.05) is 23.4 Å². The predicted molar refractivity (Wildman–Crippen MR) is 134 cm³/mol. The molecule has 2 aliphatic heterocycles. The van der Waals surface area contributed by atoms with Crippen molar-refractivity contribution in [3.63, 3.8) is 0 Å². The second-order valence-corrected chi connectivity index (χ2v) is 10.9. The fourth-order valence-electron chi connectivity index (χ4n) is 4.19. The summed E-state index contributed by atoms with van der Waals surface area (Å²) in [6, 6.07) is 15.2. The summed E-state index contributed by atoms with van der Waals surface area (Å²) in [4.78, 5) is 36.4. The maximum Gasteiger partial charge on any atom is 0.262 e. The highest BCUT2D eigenvalue weighted by Crippen LogP contribution is 2.43. The van der Waals surface area contributed by atoms with Gasteiger partial charge in [-0.15, -0.1) is 23.5 Å². The number of hydrogen-bond acceptors (Lipinski definition) is 6. The van der Waals surface area contributed by atoms with Gasteiger partial charge in [-0.1, -0.05) is 31.2 Å². The van der Waals surface area contributed by atoms with E-state index in [9.17, 15) is 14.4 Å². The number of benzene rings is 2. The minimum Gasteiger partial charge on any atom is -0.484 e. The van der Waals surface area contributed by atoms with Crippen molar-refractivity contribution < 1.29 is 19.1 Å². The molecule has 3 amide bonds. The average Bonchev–Trinajstić information content (AvgIpc) is 2.85. The van der Waals surface area contributed by atoms with E-state index < -0.39 is 5.41 Å². The second kappa shape index (κ2) is 10.7. The maximum atomic E-state index is 12.5. The van der Waals surface area contributed by atoms with Gasteiger partial charge in [0.25, 0.3) is 5.91 Å². The number of ether oxygens (including phenoxy) is 1. The lowest BCUT2D eigenvalue weighted by molar-refractivity contribution is -0.138. The smallest absolute Gasteiger partial charge is 0.262 e. The van der Waals surface area contributed by atoms with Gasteiger partial charge in [0.15, 0.2) is 6.61 Å². The zero-order chi connectivity index (χ0) is 23.3. The van der Waals surface area contributed by atoms with E-state index in [4.69, 9.17) is 4.74 Å². The van der Waals surface area contributed by atoms with Crippen molar-refractivity contribution >= 4 is 46.9 Å². The lowest BCUT2D eigenvalue weighted by atomic mass is 9.72. The lowest BCUT2D eigenvalue weighted by Gasteiger charge is -2.35. The molecule has 1 atom stereocenters. The number of amides is 3. The van der Waals surface area contributed by atoms with Crippen LogP contribution < -0.4 is 15.4 Å². The Balaban J connectivity index is 1.31. The SMILES string of the molecule is CCC1(c2ccc(NC(=O)COc3ccc(C4SCCCS4)cc3)cc2)CCC(=O)NC1=O. The third-order valence-corrected chi connectivity index (χ3v) is 9.16. The fraction of sp³-hybridized carbons (Fsp3) is 0.400. The largest absolute Gasteiger partial charge is 0.484 e. The van der Waals surface area contributed by atoms with E-state index >= 15 is 0 Å². The molecule has 1 unspecified atom stereocenters. The van der Waals surface area contributed by atoms with E-state index in [0.29, 0.717) is 35.3 Å². The van der Waals surface area contributed by atoms with E-state index in [1.807, 2.05) is 54.7 Å². The maximum absolute atomic E-state index is 12.5. The van der Waals surface area contributed by atoms with Crippen LogP contribution in [0.2, 0.25) is 0 Å². The molecule has 0 radical (unpaired) electrons. The number of anilines is 1. The molecular formula is C25H28N2O4S2. The molecule has 2 aromatic rings. The van der Waals surface area contributed by atoms with Gasteiger partial charge in [-0.05, 0) is 66.2 Å². The summed E-state index contributed by atoms with van der Waals surface area (Å²) in [7, 11) is 0. The van der Waals surface area contributed by atoms with Gasteiger partial charge in [0, 0.05) is 12.1 Å². The summed E-state index contributed by atoms with van der Waals surface area (Å²) in [5.74, 6) is 2.33. The molecule has 0 saturated carbocycles. The van der Waals surface area contributed by atoms with Crippen molar-refractivity contribution in [2.45, 2.75) is 42.6 Å². The van der Waals surface area contributed by atoms with E-state index in [-0.39, 0.29) is 24.3 Å². The van der Waals surface area contributed by atoms with Gasteiger partial charge >= 0.3 is 0 Å². The first kappa shape index (κ1) is 23.7. The van der Waals surface area contributed by atoms with Crippen LogP contribution in [0, 0.1) is 0 Å². The Labute approximate surface area is 202 Å². The second-order valence-electron chi connectivity index (χ2n) is 8.22. The first-order valence-corrected chi connectivity index (χ1v) is 13.3. The highest BCUT2D eigenvalue weighted by atomic mass is 32.2. The summed E-state index contributed by atoms with van der Waals surface area (Å²) in [5, 5.41) is 5.28. The van der Waals surface area contributed by atoms with Crippen LogP contribution in [0.4, 0.5) is 5.69 Å². The lowest BCUT2D eigenvalue weighted by Crippen LogP contribution is -2.51. The van der Waals surface area contributed by atoms with Crippen LogP contribution in [0.5, 0.6) is 5.75 Å². The van der Waals surface area contributed by atoms with E-state index in [2.05, 4.69) is 22.8 Å². The van der Waals surface area contributed by atoms with Crippen LogP contribution >= 0.6 is 23.5 Å². The third-order valence-electron chi connectivity index (χ3n) is 6.14. The van der Waals surface area contributed by atoms with E-state index in [1.54, 1.807) is 12.1 Å². The van der Waals surface area contributed by atoms with Crippen molar-refractivity contribution in [1.29, 1.82) is 0 Å². The van der Waals surface area contributed by atoms with Crippen molar-refractivity contribution in [3.05, 3.63) is 59.7 Å². The van der Waals surface area contributed by atoms with Crippen molar-refractivity contribution in [2.24, 2.45) is 0 Å². The Hall–Kier alpha value is -2.45. The van der Waals surface area contributed by atoms with Gasteiger partial charge in [0.1, 0.15) is 5.75 Å². The number of piperidine rings is 1. The molecule has 33 heavy (non-hydrogen) atoms. The molecule has 2 aliphatic rings. The summed E-state index contributed by atoms with van der Waals surface area (Å²) in [5.41, 5.74) is 2.05. The van der Waals surface area contributed by atoms with Crippen LogP contribution in [0.1, 0.15) is 48.3 Å². The molecule has 0 aromatic heterocycles. The summed E-state index contributed by atoms with van der Waals surface area (Å²) >= 11 is 3.95. The molecule has 2 N–H and O–H groups in total. The van der Waals surface area contributed by atoms with Gasteiger partial charge in [0.2, 0.25) is 11.8 Å². The van der Waals surface area contributed by atoms with Gasteiger partial charge in [-0.25, -0.2) is 0 Å². The zero-order valence-corrected chi connectivity index (χ0v) is 20.2. The summed E-state index contributed by atoms with van der Waals surface area (Å²) < 4.78 is 6.13. The van der Waals surface area contributed by atoms with Crippen LogP contribution in [-0.4, -0.2) is 35.8 Å². The number of imide groups is 1. The number of hydrogen-bond donors (Lipinski definition) is 2. The van der Waals surface area contributed by atoms with Crippen LogP contribution in [0.15, 0.2) is 48.5 Å². The normalized spacial score (nSPS) is 21.4. The van der Waals surface area contributed by atoms with Gasteiger partial charge in [0.05, 0.1) is 10.00 Å². The van der Waals surface area contributed by atoms with Gasteiger partial charge in [-0.2, -0.15) is 0 Å². The first-order chi connectivity index (χ1) is 16.0. The molecule has 2 heterocycles. The van der Waals surface area contributed by atoms with Crippen LogP contribution in [-0.2, 0) is 19.8 Å². The van der Waals surface area contributed by atoms with Crippen molar-refractivity contribution in [3.8, 4) is 5.75 Å². The number of thioether (sulfide) groups is 2. The highest BCUT2D eigenvalue weighted by Gasteiger charge is 2.42. The topological polar surface area (TPSA) is 84.5 Å². The molecule has 4 rings (SSSR count).